The maximum absolute atomic E-state index is 13.5. The van der Waals surface area contributed by atoms with Gasteiger partial charge in [-0.05, 0) is 30.3 Å². The Morgan fingerprint density at radius 2 is 1.70 bits per heavy atom. The summed E-state index contributed by atoms with van der Waals surface area (Å²) in [5, 5.41) is 6.23. The van der Waals surface area contributed by atoms with E-state index in [4.69, 9.17) is 9.47 Å². The summed E-state index contributed by atoms with van der Waals surface area (Å²) >= 11 is 0. The molecule has 2 aromatic carbocycles. The highest BCUT2D eigenvalue weighted by molar-refractivity contribution is 5.85. The van der Waals surface area contributed by atoms with Gasteiger partial charge in [-0.15, -0.1) is 12.4 Å². The molecule has 0 spiro atoms. The third-order valence-corrected chi connectivity index (χ3v) is 4.35. The van der Waals surface area contributed by atoms with Gasteiger partial charge in [-0.2, -0.15) is 15.0 Å². The van der Waals surface area contributed by atoms with Gasteiger partial charge in [0.05, 0.1) is 26.0 Å². The van der Waals surface area contributed by atoms with Gasteiger partial charge in [0.15, 0.2) is 0 Å². The Labute approximate surface area is 179 Å². The van der Waals surface area contributed by atoms with Crippen molar-refractivity contribution in [3.8, 4) is 5.75 Å². The van der Waals surface area contributed by atoms with Crippen LogP contribution in [-0.2, 0) is 4.74 Å². The topological polar surface area (TPSA) is 84.4 Å². The molecule has 8 nitrogen and oxygen atoms in total. The molecule has 0 aliphatic carbocycles. The summed E-state index contributed by atoms with van der Waals surface area (Å²) in [4.78, 5) is 15.5. The van der Waals surface area contributed by atoms with Gasteiger partial charge in [0.2, 0.25) is 17.8 Å². The highest BCUT2D eigenvalue weighted by atomic mass is 35.5. The normalized spacial score (nSPS) is 13.3. The maximum Gasteiger partial charge on any atom is 0.233 e. The summed E-state index contributed by atoms with van der Waals surface area (Å²) in [6, 6.07) is 13.6. The zero-order chi connectivity index (χ0) is 20.1. The highest BCUT2D eigenvalue weighted by Gasteiger charge is 2.17. The van der Waals surface area contributed by atoms with E-state index in [1.165, 1.54) is 12.1 Å². The number of rotatable bonds is 6. The van der Waals surface area contributed by atoms with Crippen molar-refractivity contribution >= 4 is 41.6 Å². The maximum atomic E-state index is 13.5. The molecule has 1 aromatic heterocycles. The molecule has 1 aliphatic rings. The number of para-hydroxylation sites is 2. The summed E-state index contributed by atoms with van der Waals surface area (Å²) < 4.78 is 24.3. The predicted molar refractivity (Wildman–Crippen MR) is 116 cm³/mol. The number of nitrogens with zero attached hydrogens (tertiary/aromatic N) is 4. The minimum absolute atomic E-state index is 0. The molecule has 0 bridgehead atoms. The SMILES string of the molecule is COc1ccccc1Nc1nc(Nc2cccc(F)c2)nc(N2CCOCC2)n1.Cl. The lowest BCUT2D eigenvalue weighted by molar-refractivity contribution is 0.122. The Morgan fingerprint density at radius 3 is 2.43 bits per heavy atom. The average Bonchev–Trinajstić information content (AvgIpc) is 2.75. The second-order valence-corrected chi connectivity index (χ2v) is 6.34. The van der Waals surface area contributed by atoms with Crippen LogP contribution in [0.1, 0.15) is 0 Å². The lowest BCUT2D eigenvalue weighted by Gasteiger charge is -2.27. The minimum atomic E-state index is -0.343. The van der Waals surface area contributed by atoms with Crippen molar-refractivity contribution in [1.82, 2.24) is 15.0 Å². The molecule has 0 atom stereocenters. The van der Waals surface area contributed by atoms with E-state index in [1.807, 2.05) is 29.2 Å². The van der Waals surface area contributed by atoms with Gasteiger partial charge in [0.25, 0.3) is 0 Å². The number of ether oxygens (including phenoxy) is 2. The molecule has 158 valence electrons. The fraction of sp³-hybridized carbons (Fsp3) is 0.250. The van der Waals surface area contributed by atoms with Crippen LogP contribution in [0.3, 0.4) is 0 Å². The van der Waals surface area contributed by atoms with E-state index in [0.717, 1.165) is 5.69 Å². The van der Waals surface area contributed by atoms with Crippen molar-refractivity contribution < 1.29 is 13.9 Å². The summed E-state index contributed by atoms with van der Waals surface area (Å²) in [6.07, 6.45) is 0. The van der Waals surface area contributed by atoms with Crippen LogP contribution in [0.4, 0.5) is 33.6 Å². The fourth-order valence-electron chi connectivity index (χ4n) is 2.95. The molecular weight excluding hydrogens is 411 g/mol. The van der Waals surface area contributed by atoms with Crippen LogP contribution in [0.15, 0.2) is 48.5 Å². The van der Waals surface area contributed by atoms with Crippen LogP contribution in [0, 0.1) is 5.82 Å². The zero-order valence-corrected chi connectivity index (χ0v) is 17.2. The van der Waals surface area contributed by atoms with E-state index in [9.17, 15) is 4.39 Å². The number of methoxy groups -OCH3 is 1. The third-order valence-electron chi connectivity index (χ3n) is 4.35. The van der Waals surface area contributed by atoms with Gasteiger partial charge < -0.3 is 25.0 Å². The Bertz CT molecular complexity index is 987. The second-order valence-electron chi connectivity index (χ2n) is 6.34. The average molecular weight is 433 g/mol. The van der Waals surface area contributed by atoms with Crippen LogP contribution >= 0.6 is 12.4 Å². The van der Waals surface area contributed by atoms with E-state index in [-0.39, 0.29) is 18.2 Å². The number of morpholine rings is 1. The van der Waals surface area contributed by atoms with Gasteiger partial charge in [-0.3, -0.25) is 0 Å². The third kappa shape index (κ3) is 5.25. The number of hydrogen-bond donors (Lipinski definition) is 2. The lowest BCUT2D eigenvalue weighted by atomic mass is 10.3. The lowest BCUT2D eigenvalue weighted by Crippen LogP contribution is -2.37. The first-order chi connectivity index (χ1) is 14.2. The highest BCUT2D eigenvalue weighted by Crippen LogP contribution is 2.27. The molecule has 2 heterocycles. The molecule has 2 N–H and O–H groups in total. The number of aromatic nitrogens is 3. The van der Waals surface area contributed by atoms with Crippen molar-refractivity contribution in [3.63, 3.8) is 0 Å². The number of nitrogens with one attached hydrogen (secondary N) is 2. The van der Waals surface area contributed by atoms with Gasteiger partial charge >= 0.3 is 0 Å². The molecular formula is C20H22ClFN6O2. The second kappa shape index (κ2) is 10.0. The molecule has 0 amide bonds. The fourth-order valence-corrected chi connectivity index (χ4v) is 2.95. The van der Waals surface area contributed by atoms with Crippen molar-refractivity contribution in [1.29, 1.82) is 0 Å². The van der Waals surface area contributed by atoms with Gasteiger partial charge in [-0.1, -0.05) is 18.2 Å². The van der Waals surface area contributed by atoms with Gasteiger partial charge in [0.1, 0.15) is 11.6 Å². The first-order valence-corrected chi connectivity index (χ1v) is 9.23. The molecule has 30 heavy (non-hydrogen) atoms. The molecule has 10 heteroatoms. The first-order valence-electron chi connectivity index (χ1n) is 9.23. The van der Waals surface area contributed by atoms with E-state index >= 15 is 0 Å². The molecule has 3 aromatic rings. The number of anilines is 5. The summed E-state index contributed by atoms with van der Waals surface area (Å²) in [5.41, 5.74) is 1.28. The van der Waals surface area contributed by atoms with E-state index in [0.29, 0.717) is 55.6 Å². The van der Waals surface area contributed by atoms with Crippen LogP contribution in [-0.4, -0.2) is 48.4 Å². The largest absolute Gasteiger partial charge is 0.495 e. The molecule has 4 rings (SSSR count). The van der Waals surface area contributed by atoms with Crippen LogP contribution in [0.2, 0.25) is 0 Å². The van der Waals surface area contributed by atoms with Crippen molar-refractivity contribution in [2.24, 2.45) is 0 Å². The van der Waals surface area contributed by atoms with Crippen molar-refractivity contribution in [2.75, 3.05) is 48.9 Å². The van der Waals surface area contributed by atoms with Gasteiger partial charge in [-0.25, -0.2) is 4.39 Å². The summed E-state index contributed by atoms with van der Waals surface area (Å²) in [7, 11) is 1.60. The monoisotopic (exact) mass is 432 g/mol. The minimum Gasteiger partial charge on any atom is -0.495 e. The van der Waals surface area contributed by atoms with E-state index < -0.39 is 0 Å². The van der Waals surface area contributed by atoms with Crippen molar-refractivity contribution in [3.05, 3.63) is 54.3 Å². The van der Waals surface area contributed by atoms with Crippen molar-refractivity contribution in [2.45, 2.75) is 0 Å². The molecule has 1 aliphatic heterocycles. The Balaban J connectivity index is 0.00000256. The summed E-state index contributed by atoms with van der Waals surface area (Å²) in [6.45, 7) is 2.57. The molecule has 1 fully saturated rings. The molecule has 1 saturated heterocycles. The van der Waals surface area contributed by atoms with E-state index in [1.54, 1.807) is 19.2 Å². The summed E-state index contributed by atoms with van der Waals surface area (Å²) in [5.74, 6) is 1.50. The zero-order valence-electron chi connectivity index (χ0n) is 16.3. The van der Waals surface area contributed by atoms with Gasteiger partial charge in [0, 0.05) is 18.8 Å². The molecule has 0 saturated carbocycles. The number of hydrogen-bond acceptors (Lipinski definition) is 8. The van der Waals surface area contributed by atoms with Crippen LogP contribution in [0.5, 0.6) is 5.75 Å². The predicted octanol–water partition coefficient (Wildman–Crippen LogP) is 3.76. The number of benzene rings is 2. The van der Waals surface area contributed by atoms with Crippen LogP contribution in [0.25, 0.3) is 0 Å². The Morgan fingerprint density at radius 1 is 0.967 bits per heavy atom. The Hall–Kier alpha value is -3.17. The van der Waals surface area contributed by atoms with E-state index in [2.05, 4.69) is 25.6 Å². The number of halogens is 2. The Kier molecular flexibility index (Phi) is 7.21. The standard InChI is InChI=1S/C20H21FN6O2.ClH/c1-28-17-8-3-2-7-16(17)23-19-24-18(22-15-6-4-5-14(21)13-15)25-20(26-19)27-9-11-29-12-10-27;/h2-8,13H,9-12H2,1H3,(H2,22,23,24,25,26);1H. The smallest absolute Gasteiger partial charge is 0.233 e. The molecule has 0 unspecified atom stereocenters. The first kappa shape index (κ1) is 21.5. The molecule has 0 radical (unpaired) electrons. The van der Waals surface area contributed by atoms with Crippen LogP contribution < -0.4 is 20.3 Å². The quantitative estimate of drug-likeness (QED) is 0.609.